The fourth-order valence-corrected chi connectivity index (χ4v) is 1.22. The lowest BCUT2D eigenvalue weighted by Crippen LogP contribution is -2.26. The van der Waals surface area contributed by atoms with Gasteiger partial charge in [-0.3, -0.25) is 0 Å². The Kier molecular flexibility index (Phi) is 2.77. The minimum absolute atomic E-state index is 0.203. The van der Waals surface area contributed by atoms with Crippen LogP contribution in [0.3, 0.4) is 0 Å². The molecule has 1 aliphatic rings. The van der Waals surface area contributed by atoms with Gasteiger partial charge in [-0.1, -0.05) is 6.92 Å². The summed E-state index contributed by atoms with van der Waals surface area (Å²) in [5, 5.41) is 27.1. The Hall–Kier alpha value is -1.23. The molecule has 3 N–H and O–H groups in total. The van der Waals surface area contributed by atoms with E-state index in [0.29, 0.717) is 6.42 Å². The third-order valence-corrected chi connectivity index (χ3v) is 2.13. The van der Waals surface area contributed by atoms with Gasteiger partial charge in [-0.05, 0) is 6.42 Å². The van der Waals surface area contributed by atoms with Gasteiger partial charge in [0.1, 0.15) is 0 Å². The summed E-state index contributed by atoms with van der Waals surface area (Å²) in [6, 6.07) is 0. The first-order chi connectivity index (χ1) is 6.11. The molecule has 0 amide bonds. The molecule has 1 rings (SSSR count). The van der Waals surface area contributed by atoms with Gasteiger partial charge < -0.3 is 20.1 Å². The highest BCUT2D eigenvalue weighted by Crippen LogP contribution is 2.26. The van der Waals surface area contributed by atoms with Crippen molar-refractivity contribution in [3.63, 3.8) is 0 Å². The summed E-state index contributed by atoms with van der Waals surface area (Å²) in [5.74, 6) is -2.54. The highest BCUT2D eigenvalue weighted by Gasteiger charge is 2.38. The number of hydrogen-bond donors (Lipinski definition) is 3. The molecule has 0 spiro atoms. The van der Waals surface area contributed by atoms with Crippen LogP contribution in [-0.4, -0.2) is 34.0 Å². The lowest BCUT2D eigenvalue weighted by atomic mass is 9.99. The number of esters is 1. The minimum atomic E-state index is -0.936. The molecule has 0 aliphatic carbocycles. The fourth-order valence-electron chi connectivity index (χ4n) is 1.22. The van der Waals surface area contributed by atoms with Gasteiger partial charge >= 0.3 is 5.97 Å². The molecule has 2 unspecified atom stereocenters. The van der Waals surface area contributed by atoms with Gasteiger partial charge in [0, 0.05) is 12.5 Å². The first-order valence-electron chi connectivity index (χ1n) is 4.05. The van der Waals surface area contributed by atoms with Crippen LogP contribution in [0.4, 0.5) is 0 Å². The van der Waals surface area contributed by atoms with Gasteiger partial charge in [0.05, 0.1) is 0 Å². The Balaban J connectivity index is 2.80. The molecule has 0 aromatic heterocycles. The number of aliphatic hydroxyl groups excluding tert-OH is 3. The molecule has 0 saturated heterocycles. The molecule has 1 aliphatic heterocycles. The van der Waals surface area contributed by atoms with Gasteiger partial charge in [-0.2, -0.15) is 0 Å². The van der Waals surface area contributed by atoms with E-state index >= 15 is 0 Å². The van der Waals surface area contributed by atoms with Crippen LogP contribution < -0.4 is 0 Å². The molecule has 5 nitrogen and oxygen atoms in total. The Bertz CT molecular complexity index is 241. The molecular formula is C8H12O5. The highest BCUT2D eigenvalue weighted by atomic mass is 16.6. The summed E-state index contributed by atoms with van der Waals surface area (Å²) in [6.07, 6.45) is -0.353. The number of ether oxygens (including phenoxy) is 1. The number of rotatable bonds is 3. The van der Waals surface area contributed by atoms with Crippen molar-refractivity contribution in [2.24, 2.45) is 5.92 Å². The third-order valence-electron chi connectivity index (χ3n) is 2.13. The normalized spacial score (nSPS) is 24.8. The quantitative estimate of drug-likeness (QED) is 0.553. The smallest absolute Gasteiger partial charge is 0.377 e. The van der Waals surface area contributed by atoms with E-state index < -0.39 is 23.6 Å². The van der Waals surface area contributed by atoms with E-state index in [1.54, 1.807) is 6.92 Å². The van der Waals surface area contributed by atoms with Gasteiger partial charge in [-0.25, -0.2) is 4.79 Å². The summed E-state index contributed by atoms with van der Waals surface area (Å²) < 4.78 is 4.66. The fraction of sp³-hybridized carbons (Fsp3) is 0.625. The van der Waals surface area contributed by atoms with E-state index in [0.717, 1.165) is 0 Å². The van der Waals surface area contributed by atoms with Crippen molar-refractivity contribution in [3.8, 4) is 0 Å². The maximum atomic E-state index is 10.8. The van der Waals surface area contributed by atoms with Crippen LogP contribution in [0.5, 0.6) is 0 Å². The lowest BCUT2D eigenvalue weighted by molar-refractivity contribution is -0.145. The van der Waals surface area contributed by atoms with Crippen LogP contribution in [-0.2, 0) is 9.53 Å². The van der Waals surface area contributed by atoms with Gasteiger partial charge in [0.15, 0.2) is 11.9 Å². The molecule has 0 aromatic carbocycles. The van der Waals surface area contributed by atoms with E-state index in [4.69, 9.17) is 10.2 Å². The minimum Gasteiger partial charge on any atom is -0.505 e. The lowest BCUT2D eigenvalue weighted by Gasteiger charge is -2.18. The summed E-state index contributed by atoms with van der Waals surface area (Å²) in [6.45, 7) is 1.59. The van der Waals surface area contributed by atoms with E-state index in [9.17, 15) is 9.90 Å². The summed E-state index contributed by atoms with van der Waals surface area (Å²) in [4.78, 5) is 10.8. The van der Waals surface area contributed by atoms with Crippen molar-refractivity contribution < 1.29 is 24.9 Å². The topological polar surface area (TPSA) is 87.0 Å². The number of carbonyl (C=O) groups excluding carboxylic acids is 1. The van der Waals surface area contributed by atoms with Gasteiger partial charge in [0.25, 0.3) is 0 Å². The van der Waals surface area contributed by atoms with Gasteiger partial charge in [-0.15, -0.1) is 0 Å². The monoisotopic (exact) mass is 188 g/mol. The predicted octanol–water partition coefficient (Wildman–Crippen LogP) is 0.258. The van der Waals surface area contributed by atoms with E-state index in [2.05, 4.69) is 4.74 Å². The molecule has 13 heavy (non-hydrogen) atoms. The molecule has 1 heterocycles. The Labute approximate surface area is 75.3 Å². The third kappa shape index (κ3) is 1.60. The number of cyclic esters (lactones) is 1. The molecule has 0 bridgehead atoms. The second-order valence-electron chi connectivity index (χ2n) is 2.91. The SMILES string of the molecule is CCC(CO)C1OC(=O)C(O)=C1O. The van der Waals surface area contributed by atoms with Crippen molar-refractivity contribution in [2.75, 3.05) is 6.61 Å². The molecule has 0 fully saturated rings. The predicted molar refractivity (Wildman–Crippen MR) is 43.0 cm³/mol. The standard InChI is InChI=1S/C8H12O5/c1-2-4(3-9)7-5(10)6(11)8(12)13-7/h4,7,9-11H,2-3H2,1H3. The Morgan fingerprint density at radius 2 is 2.15 bits per heavy atom. The highest BCUT2D eigenvalue weighted by molar-refractivity contribution is 5.89. The van der Waals surface area contributed by atoms with E-state index in [1.165, 1.54) is 0 Å². The van der Waals surface area contributed by atoms with Crippen molar-refractivity contribution in [1.29, 1.82) is 0 Å². The van der Waals surface area contributed by atoms with Crippen LogP contribution in [0.15, 0.2) is 11.5 Å². The van der Waals surface area contributed by atoms with E-state index in [1.807, 2.05) is 0 Å². The molecule has 0 saturated carbocycles. The number of carbonyl (C=O) groups is 1. The molecule has 0 radical (unpaired) electrons. The van der Waals surface area contributed by atoms with Crippen LogP contribution in [0.2, 0.25) is 0 Å². The number of hydrogen-bond acceptors (Lipinski definition) is 5. The molecule has 2 atom stereocenters. The van der Waals surface area contributed by atoms with Gasteiger partial charge in [0.2, 0.25) is 5.76 Å². The Morgan fingerprint density at radius 3 is 2.46 bits per heavy atom. The molecule has 0 aromatic rings. The van der Waals surface area contributed by atoms with Crippen LogP contribution in [0.1, 0.15) is 13.3 Å². The van der Waals surface area contributed by atoms with Crippen molar-refractivity contribution in [1.82, 2.24) is 0 Å². The second kappa shape index (κ2) is 3.66. The zero-order chi connectivity index (χ0) is 10.0. The van der Waals surface area contributed by atoms with Crippen molar-refractivity contribution >= 4 is 5.97 Å². The average molecular weight is 188 g/mol. The second-order valence-corrected chi connectivity index (χ2v) is 2.91. The zero-order valence-electron chi connectivity index (χ0n) is 7.23. The molecule has 74 valence electrons. The molecule has 5 heteroatoms. The van der Waals surface area contributed by atoms with Crippen LogP contribution in [0.25, 0.3) is 0 Å². The maximum absolute atomic E-state index is 10.8. The summed E-state index contributed by atoms with van der Waals surface area (Å²) in [5.41, 5.74) is 0. The summed E-state index contributed by atoms with van der Waals surface area (Å²) >= 11 is 0. The first-order valence-corrected chi connectivity index (χ1v) is 4.05. The largest absolute Gasteiger partial charge is 0.505 e. The Morgan fingerprint density at radius 1 is 1.54 bits per heavy atom. The number of aliphatic hydroxyl groups is 3. The van der Waals surface area contributed by atoms with Crippen LogP contribution in [0, 0.1) is 5.92 Å². The maximum Gasteiger partial charge on any atom is 0.377 e. The average Bonchev–Trinajstić information content (AvgIpc) is 2.36. The van der Waals surface area contributed by atoms with E-state index in [-0.39, 0.29) is 12.5 Å². The summed E-state index contributed by atoms with van der Waals surface area (Å²) in [7, 11) is 0. The zero-order valence-corrected chi connectivity index (χ0v) is 7.23. The van der Waals surface area contributed by atoms with Crippen molar-refractivity contribution in [3.05, 3.63) is 11.5 Å². The molecular weight excluding hydrogens is 176 g/mol. The first kappa shape index (κ1) is 9.85. The van der Waals surface area contributed by atoms with Crippen molar-refractivity contribution in [2.45, 2.75) is 19.4 Å². The van der Waals surface area contributed by atoms with Crippen LogP contribution >= 0.6 is 0 Å².